The van der Waals surface area contributed by atoms with Gasteiger partial charge >= 0.3 is 5.97 Å². The summed E-state index contributed by atoms with van der Waals surface area (Å²) in [6, 6.07) is 13.3. The standard InChI is InChI=1S/C23H25N3O5/c1-3-14(2)20(22(30)24-12-18(27)28)25-21(29)17-11-7-8-15-13-26(23(31)19(15)17)16-9-5-4-6-10-16/h4-11,14,20H,3,12-13H2,1-2H3,(H,24,30)(H,25,29)(H,27,28). The van der Waals surface area contributed by atoms with Crippen LogP contribution in [0.4, 0.5) is 5.69 Å². The molecule has 0 fully saturated rings. The van der Waals surface area contributed by atoms with E-state index in [1.54, 1.807) is 30.0 Å². The highest BCUT2D eigenvalue weighted by Crippen LogP contribution is 2.30. The fraction of sp³-hybridized carbons (Fsp3) is 0.304. The molecule has 0 aromatic heterocycles. The Morgan fingerprint density at radius 3 is 2.45 bits per heavy atom. The maximum absolute atomic E-state index is 13.1. The number of amides is 3. The third kappa shape index (κ3) is 4.74. The van der Waals surface area contributed by atoms with E-state index in [1.807, 2.05) is 37.3 Å². The monoisotopic (exact) mass is 423 g/mol. The van der Waals surface area contributed by atoms with Crippen LogP contribution in [0.5, 0.6) is 0 Å². The van der Waals surface area contributed by atoms with Gasteiger partial charge in [-0.3, -0.25) is 19.2 Å². The molecule has 8 heteroatoms. The summed E-state index contributed by atoms with van der Waals surface area (Å²) in [6.07, 6.45) is 0.596. The van der Waals surface area contributed by atoms with Gasteiger partial charge in [-0.2, -0.15) is 0 Å². The summed E-state index contributed by atoms with van der Waals surface area (Å²) < 4.78 is 0. The smallest absolute Gasteiger partial charge is 0.322 e. The van der Waals surface area contributed by atoms with Crippen molar-refractivity contribution in [2.75, 3.05) is 11.4 Å². The van der Waals surface area contributed by atoms with Crippen LogP contribution >= 0.6 is 0 Å². The molecule has 3 rings (SSSR count). The minimum atomic E-state index is -1.17. The van der Waals surface area contributed by atoms with E-state index in [2.05, 4.69) is 10.6 Å². The summed E-state index contributed by atoms with van der Waals surface area (Å²) in [5.74, 6) is -2.80. The number of rotatable bonds is 8. The van der Waals surface area contributed by atoms with Crippen molar-refractivity contribution in [2.45, 2.75) is 32.9 Å². The first-order valence-electron chi connectivity index (χ1n) is 10.1. The van der Waals surface area contributed by atoms with E-state index < -0.39 is 30.4 Å². The van der Waals surface area contributed by atoms with E-state index in [1.165, 1.54) is 0 Å². The van der Waals surface area contributed by atoms with Crippen LogP contribution in [0.25, 0.3) is 0 Å². The van der Waals surface area contributed by atoms with Crippen LogP contribution in [-0.4, -0.2) is 41.4 Å². The van der Waals surface area contributed by atoms with E-state index in [0.29, 0.717) is 18.5 Å². The SMILES string of the molecule is CCC(C)C(NC(=O)c1cccc2c1C(=O)N(c1ccccc1)C2)C(=O)NCC(=O)O. The number of carboxylic acid groups (broad SMARTS) is 1. The van der Waals surface area contributed by atoms with E-state index >= 15 is 0 Å². The maximum atomic E-state index is 13.1. The van der Waals surface area contributed by atoms with Crippen molar-refractivity contribution >= 4 is 29.4 Å². The highest BCUT2D eigenvalue weighted by molar-refractivity contribution is 6.16. The van der Waals surface area contributed by atoms with E-state index in [4.69, 9.17) is 5.11 Å². The minimum absolute atomic E-state index is 0.195. The lowest BCUT2D eigenvalue weighted by Gasteiger charge is -2.23. The summed E-state index contributed by atoms with van der Waals surface area (Å²) in [4.78, 5) is 51.1. The summed E-state index contributed by atoms with van der Waals surface area (Å²) in [5, 5.41) is 13.8. The second-order valence-electron chi connectivity index (χ2n) is 7.51. The van der Waals surface area contributed by atoms with Crippen LogP contribution in [0, 0.1) is 5.92 Å². The highest BCUT2D eigenvalue weighted by atomic mass is 16.4. The molecule has 0 aliphatic carbocycles. The van der Waals surface area contributed by atoms with Gasteiger partial charge in [0.05, 0.1) is 17.7 Å². The van der Waals surface area contributed by atoms with Gasteiger partial charge in [0.1, 0.15) is 12.6 Å². The molecule has 0 saturated carbocycles. The quantitative estimate of drug-likeness (QED) is 0.602. The molecule has 162 valence electrons. The first-order chi connectivity index (χ1) is 14.8. The van der Waals surface area contributed by atoms with Gasteiger partial charge in [-0.05, 0) is 29.7 Å². The molecular formula is C23H25N3O5. The second-order valence-corrected chi connectivity index (χ2v) is 7.51. The lowest BCUT2D eigenvalue weighted by Crippen LogP contribution is -2.51. The molecule has 1 heterocycles. The Morgan fingerprint density at radius 1 is 1.10 bits per heavy atom. The number of hydrogen-bond donors (Lipinski definition) is 3. The number of para-hydroxylation sites is 1. The zero-order valence-electron chi connectivity index (χ0n) is 17.4. The van der Waals surface area contributed by atoms with E-state index in [0.717, 1.165) is 11.3 Å². The average molecular weight is 423 g/mol. The van der Waals surface area contributed by atoms with Gasteiger partial charge in [-0.15, -0.1) is 0 Å². The molecule has 2 aromatic rings. The molecule has 2 unspecified atom stereocenters. The Morgan fingerprint density at radius 2 is 1.81 bits per heavy atom. The summed E-state index contributed by atoms with van der Waals surface area (Å²) in [7, 11) is 0. The Labute approximate surface area is 180 Å². The molecule has 0 radical (unpaired) electrons. The molecule has 8 nitrogen and oxygen atoms in total. The van der Waals surface area contributed by atoms with Gasteiger partial charge in [0, 0.05) is 5.69 Å². The lowest BCUT2D eigenvalue weighted by atomic mass is 9.96. The predicted molar refractivity (Wildman–Crippen MR) is 115 cm³/mol. The van der Waals surface area contributed by atoms with Gasteiger partial charge in [0.15, 0.2) is 0 Å². The van der Waals surface area contributed by atoms with E-state index in [9.17, 15) is 19.2 Å². The van der Waals surface area contributed by atoms with Crippen LogP contribution in [0.2, 0.25) is 0 Å². The van der Waals surface area contributed by atoms with Gasteiger partial charge in [-0.25, -0.2) is 0 Å². The fourth-order valence-electron chi connectivity index (χ4n) is 3.56. The molecule has 0 spiro atoms. The molecule has 2 atom stereocenters. The maximum Gasteiger partial charge on any atom is 0.322 e. The zero-order chi connectivity index (χ0) is 22.5. The second kappa shape index (κ2) is 9.42. The van der Waals surface area contributed by atoms with Crippen molar-refractivity contribution in [3.63, 3.8) is 0 Å². The highest BCUT2D eigenvalue weighted by Gasteiger charge is 2.34. The van der Waals surface area contributed by atoms with Gasteiger partial charge in [0.2, 0.25) is 5.91 Å². The molecule has 31 heavy (non-hydrogen) atoms. The fourth-order valence-corrected chi connectivity index (χ4v) is 3.56. The van der Waals surface area contributed by atoms with Crippen molar-refractivity contribution in [3.05, 3.63) is 65.2 Å². The topological polar surface area (TPSA) is 116 Å². The van der Waals surface area contributed by atoms with Crippen LogP contribution in [0.15, 0.2) is 48.5 Å². The molecule has 3 amide bonds. The number of benzene rings is 2. The number of nitrogens with one attached hydrogen (secondary N) is 2. The number of carbonyl (C=O) groups is 4. The molecule has 2 aromatic carbocycles. The first-order valence-corrected chi connectivity index (χ1v) is 10.1. The first kappa shape index (κ1) is 22.0. The third-order valence-corrected chi connectivity index (χ3v) is 5.45. The molecule has 3 N–H and O–H groups in total. The third-order valence-electron chi connectivity index (χ3n) is 5.45. The van der Waals surface area contributed by atoms with Crippen LogP contribution in [0.3, 0.4) is 0 Å². The summed E-state index contributed by atoms with van der Waals surface area (Å²) >= 11 is 0. The number of carboxylic acids is 1. The van der Waals surface area contributed by atoms with Gasteiger partial charge < -0.3 is 20.6 Å². The average Bonchev–Trinajstić information content (AvgIpc) is 3.12. The Hall–Kier alpha value is -3.68. The van der Waals surface area contributed by atoms with E-state index in [-0.39, 0.29) is 17.4 Å². The number of anilines is 1. The summed E-state index contributed by atoms with van der Waals surface area (Å²) in [6.45, 7) is 3.48. The van der Waals surface area contributed by atoms with Crippen LogP contribution in [-0.2, 0) is 16.1 Å². The van der Waals surface area contributed by atoms with Crippen molar-refractivity contribution in [1.29, 1.82) is 0 Å². The van der Waals surface area contributed by atoms with Crippen LogP contribution in [0.1, 0.15) is 46.5 Å². The Balaban J connectivity index is 1.85. The van der Waals surface area contributed by atoms with Crippen molar-refractivity contribution in [1.82, 2.24) is 10.6 Å². The predicted octanol–water partition coefficient (Wildman–Crippen LogP) is 2.19. The normalized spacial score (nSPS) is 14.5. The van der Waals surface area contributed by atoms with Crippen molar-refractivity contribution in [3.8, 4) is 0 Å². The van der Waals surface area contributed by atoms with Gasteiger partial charge in [-0.1, -0.05) is 50.6 Å². The van der Waals surface area contributed by atoms with Crippen molar-refractivity contribution < 1.29 is 24.3 Å². The molecule has 1 aliphatic heterocycles. The molecule has 0 saturated heterocycles. The van der Waals surface area contributed by atoms with Crippen LogP contribution < -0.4 is 15.5 Å². The lowest BCUT2D eigenvalue weighted by molar-refractivity contribution is -0.138. The number of hydrogen-bond acceptors (Lipinski definition) is 4. The Bertz CT molecular complexity index is 1010. The number of carbonyl (C=O) groups excluding carboxylic acids is 3. The number of aliphatic carboxylic acids is 1. The molecule has 0 bridgehead atoms. The van der Waals surface area contributed by atoms with Crippen molar-refractivity contribution in [2.24, 2.45) is 5.92 Å². The minimum Gasteiger partial charge on any atom is -0.480 e. The summed E-state index contributed by atoms with van der Waals surface area (Å²) in [5.41, 5.74) is 1.98. The number of fused-ring (bicyclic) bond motifs is 1. The largest absolute Gasteiger partial charge is 0.480 e. The Kier molecular flexibility index (Phi) is 6.69. The van der Waals surface area contributed by atoms with Gasteiger partial charge in [0.25, 0.3) is 11.8 Å². The number of nitrogens with zero attached hydrogens (tertiary/aromatic N) is 1. The molecule has 1 aliphatic rings. The molecular weight excluding hydrogens is 398 g/mol. The zero-order valence-corrected chi connectivity index (χ0v) is 17.4.